The van der Waals surface area contributed by atoms with Gasteiger partial charge in [0.15, 0.2) is 11.5 Å². The zero-order chi connectivity index (χ0) is 12.4. The van der Waals surface area contributed by atoms with Crippen molar-refractivity contribution in [3.05, 3.63) is 29.7 Å². The van der Waals surface area contributed by atoms with Crippen molar-refractivity contribution in [1.29, 1.82) is 0 Å². The first kappa shape index (κ1) is 11.6. The zero-order valence-corrected chi connectivity index (χ0v) is 9.93. The second kappa shape index (κ2) is 4.57. The van der Waals surface area contributed by atoms with E-state index >= 15 is 0 Å². The van der Waals surface area contributed by atoms with Gasteiger partial charge in [0.2, 0.25) is 0 Å². The molecule has 0 amide bonds. The summed E-state index contributed by atoms with van der Waals surface area (Å²) in [6.45, 7) is 4.14. The van der Waals surface area contributed by atoms with Gasteiger partial charge in [0, 0.05) is 5.92 Å². The summed E-state index contributed by atoms with van der Waals surface area (Å²) in [5.74, 6) is -0.136. The third-order valence-electron chi connectivity index (χ3n) is 2.81. The molecule has 0 saturated heterocycles. The summed E-state index contributed by atoms with van der Waals surface area (Å²) in [7, 11) is 0. The third-order valence-corrected chi connectivity index (χ3v) is 2.81. The third kappa shape index (κ3) is 2.16. The van der Waals surface area contributed by atoms with Crippen LogP contribution in [-0.2, 0) is 0 Å². The Hall–Kier alpha value is -1.84. The minimum atomic E-state index is -0.974. The first-order chi connectivity index (χ1) is 8.13. The first-order valence-electron chi connectivity index (χ1n) is 5.76. The Kier molecular flexibility index (Phi) is 3.13. The molecule has 1 aromatic carbocycles. The van der Waals surface area contributed by atoms with E-state index in [-0.39, 0.29) is 11.5 Å². The van der Waals surface area contributed by atoms with Crippen LogP contribution < -0.4 is 0 Å². The lowest BCUT2D eigenvalue weighted by Crippen LogP contribution is -1.97. The number of carboxylic acid groups (broad SMARTS) is 1. The number of benzene rings is 1. The van der Waals surface area contributed by atoms with E-state index in [0.717, 1.165) is 12.8 Å². The molecule has 0 radical (unpaired) electrons. The highest BCUT2D eigenvalue weighted by molar-refractivity contribution is 6.00. The topological polar surface area (TPSA) is 63.3 Å². The first-order valence-corrected chi connectivity index (χ1v) is 5.76. The number of fused-ring (bicyclic) bond motifs is 1. The van der Waals surface area contributed by atoms with Crippen LogP contribution in [0.3, 0.4) is 0 Å². The highest BCUT2D eigenvalue weighted by atomic mass is 16.4. The number of aromatic nitrogens is 1. The molecule has 90 valence electrons. The van der Waals surface area contributed by atoms with E-state index < -0.39 is 5.97 Å². The van der Waals surface area contributed by atoms with Crippen molar-refractivity contribution in [2.45, 2.75) is 32.6 Å². The Morgan fingerprint density at radius 1 is 1.53 bits per heavy atom. The van der Waals surface area contributed by atoms with Crippen LogP contribution in [0.1, 0.15) is 48.9 Å². The van der Waals surface area contributed by atoms with Gasteiger partial charge in [-0.25, -0.2) is 9.78 Å². The quantitative estimate of drug-likeness (QED) is 0.878. The number of oxazole rings is 1. The standard InChI is InChI=1S/C13H15NO3/c1-3-5-8(2)12-14-11-9(13(15)16)6-4-7-10(11)17-12/h4,6-8H,3,5H2,1-2H3,(H,15,16). The fourth-order valence-corrected chi connectivity index (χ4v) is 1.91. The summed E-state index contributed by atoms with van der Waals surface area (Å²) in [4.78, 5) is 15.3. The minimum Gasteiger partial charge on any atom is -0.478 e. The Bertz CT molecular complexity index is 545. The highest BCUT2D eigenvalue weighted by Crippen LogP contribution is 2.26. The molecule has 1 atom stereocenters. The van der Waals surface area contributed by atoms with E-state index in [4.69, 9.17) is 9.52 Å². The number of aromatic carboxylic acids is 1. The van der Waals surface area contributed by atoms with Crippen LogP contribution in [0.15, 0.2) is 22.6 Å². The maximum atomic E-state index is 11.0. The Morgan fingerprint density at radius 3 is 2.94 bits per heavy atom. The second-order valence-corrected chi connectivity index (χ2v) is 4.20. The number of rotatable bonds is 4. The molecule has 0 aliphatic carbocycles. The van der Waals surface area contributed by atoms with Crippen LogP contribution in [-0.4, -0.2) is 16.1 Å². The monoisotopic (exact) mass is 233 g/mol. The summed E-state index contributed by atoms with van der Waals surface area (Å²) in [5.41, 5.74) is 1.18. The van der Waals surface area contributed by atoms with Gasteiger partial charge >= 0.3 is 5.97 Å². The van der Waals surface area contributed by atoms with Crippen LogP contribution in [0.25, 0.3) is 11.1 Å². The van der Waals surface area contributed by atoms with E-state index in [9.17, 15) is 4.79 Å². The molecule has 1 heterocycles. The van der Waals surface area contributed by atoms with Crippen molar-refractivity contribution in [2.75, 3.05) is 0 Å². The van der Waals surface area contributed by atoms with Crippen LogP contribution >= 0.6 is 0 Å². The molecule has 1 unspecified atom stereocenters. The van der Waals surface area contributed by atoms with Gasteiger partial charge in [-0.3, -0.25) is 0 Å². The molecule has 0 spiro atoms. The molecule has 4 heteroatoms. The smallest absolute Gasteiger partial charge is 0.338 e. The molecule has 0 aliphatic heterocycles. The molecular formula is C13H15NO3. The summed E-state index contributed by atoms with van der Waals surface area (Å²) < 4.78 is 5.60. The van der Waals surface area contributed by atoms with E-state index in [0.29, 0.717) is 17.0 Å². The lowest BCUT2D eigenvalue weighted by Gasteiger charge is -2.02. The molecule has 1 N–H and O–H groups in total. The zero-order valence-electron chi connectivity index (χ0n) is 9.93. The van der Waals surface area contributed by atoms with Crippen molar-refractivity contribution in [2.24, 2.45) is 0 Å². The van der Waals surface area contributed by atoms with E-state index in [1.54, 1.807) is 18.2 Å². The van der Waals surface area contributed by atoms with E-state index in [1.807, 2.05) is 6.92 Å². The molecule has 0 aliphatic rings. The molecule has 0 fully saturated rings. The van der Waals surface area contributed by atoms with Gasteiger partial charge in [0.25, 0.3) is 0 Å². The lowest BCUT2D eigenvalue weighted by atomic mass is 10.1. The number of carboxylic acids is 1. The average Bonchev–Trinajstić information content (AvgIpc) is 2.72. The van der Waals surface area contributed by atoms with Crippen molar-refractivity contribution in [3.8, 4) is 0 Å². The number of para-hydroxylation sites is 1. The fraction of sp³-hybridized carbons (Fsp3) is 0.385. The molecule has 0 saturated carbocycles. The van der Waals surface area contributed by atoms with Gasteiger partial charge in [-0.1, -0.05) is 26.3 Å². The summed E-state index contributed by atoms with van der Waals surface area (Å²) in [6, 6.07) is 4.96. The SMILES string of the molecule is CCCC(C)c1nc2c(C(=O)O)cccc2o1. The van der Waals surface area contributed by atoms with E-state index in [2.05, 4.69) is 11.9 Å². The van der Waals surface area contributed by atoms with Gasteiger partial charge in [-0.15, -0.1) is 0 Å². The normalized spacial score (nSPS) is 12.8. The van der Waals surface area contributed by atoms with Crippen molar-refractivity contribution in [1.82, 2.24) is 4.98 Å². The summed E-state index contributed by atoms with van der Waals surface area (Å²) >= 11 is 0. The lowest BCUT2D eigenvalue weighted by molar-refractivity contribution is 0.0699. The predicted octanol–water partition coefficient (Wildman–Crippen LogP) is 3.43. The highest BCUT2D eigenvalue weighted by Gasteiger charge is 2.17. The van der Waals surface area contributed by atoms with Crippen LogP contribution in [0.5, 0.6) is 0 Å². The maximum Gasteiger partial charge on any atom is 0.338 e. The Morgan fingerprint density at radius 2 is 2.29 bits per heavy atom. The molecule has 2 rings (SSSR count). The number of hydrogen-bond donors (Lipinski definition) is 1. The summed E-state index contributed by atoms with van der Waals surface area (Å²) in [5, 5.41) is 9.05. The van der Waals surface area contributed by atoms with Crippen LogP contribution in [0, 0.1) is 0 Å². The van der Waals surface area contributed by atoms with Gasteiger partial charge in [0.05, 0.1) is 5.56 Å². The molecule has 2 aromatic rings. The molecule has 1 aromatic heterocycles. The van der Waals surface area contributed by atoms with Gasteiger partial charge in [-0.2, -0.15) is 0 Å². The average molecular weight is 233 g/mol. The van der Waals surface area contributed by atoms with E-state index in [1.165, 1.54) is 0 Å². The minimum absolute atomic E-state index is 0.196. The second-order valence-electron chi connectivity index (χ2n) is 4.20. The van der Waals surface area contributed by atoms with Crippen molar-refractivity contribution in [3.63, 3.8) is 0 Å². The molecule has 17 heavy (non-hydrogen) atoms. The Balaban J connectivity index is 2.50. The van der Waals surface area contributed by atoms with Gasteiger partial charge < -0.3 is 9.52 Å². The number of hydrogen-bond acceptors (Lipinski definition) is 3. The van der Waals surface area contributed by atoms with Crippen molar-refractivity contribution < 1.29 is 14.3 Å². The number of carbonyl (C=O) groups is 1. The summed E-state index contributed by atoms with van der Waals surface area (Å²) in [6.07, 6.45) is 2.03. The maximum absolute atomic E-state index is 11.0. The van der Waals surface area contributed by atoms with Crippen LogP contribution in [0.4, 0.5) is 0 Å². The molecule has 4 nitrogen and oxygen atoms in total. The molecular weight excluding hydrogens is 218 g/mol. The Labute approximate surface area is 99.3 Å². The largest absolute Gasteiger partial charge is 0.478 e. The van der Waals surface area contributed by atoms with Gasteiger partial charge in [-0.05, 0) is 18.6 Å². The van der Waals surface area contributed by atoms with Gasteiger partial charge in [0.1, 0.15) is 5.52 Å². The number of nitrogens with zero attached hydrogens (tertiary/aromatic N) is 1. The van der Waals surface area contributed by atoms with Crippen LogP contribution in [0.2, 0.25) is 0 Å². The fourth-order valence-electron chi connectivity index (χ4n) is 1.91. The van der Waals surface area contributed by atoms with Crippen molar-refractivity contribution >= 4 is 17.1 Å². The predicted molar refractivity (Wildman–Crippen MR) is 64.3 cm³/mol. The molecule has 0 bridgehead atoms.